The van der Waals surface area contributed by atoms with Gasteiger partial charge in [-0.25, -0.2) is 0 Å². The lowest BCUT2D eigenvalue weighted by atomic mass is 10.2. The fourth-order valence-electron chi connectivity index (χ4n) is 1.23. The molecule has 2 atom stereocenters. The second-order valence-electron chi connectivity index (χ2n) is 3.53. The van der Waals surface area contributed by atoms with Gasteiger partial charge < -0.3 is 10.1 Å². The molecule has 0 aromatic heterocycles. The molecule has 0 bridgehead atoms. The van der Waals surface area contributed by atoms with E-state index in [0.29, 0.717) is 12.0 Å². The van der Waals surface area contributed by atoms with Crippen LogP contribution >= 0.6 is 11.8 Å². The van der Waals surface area contributed by atoms with Gasteiger partial charge in [0.15, 0.2) is 0 Å². The molecule has 0 heterocycles. The summed E-state index contributed by atoms with van der Waals surface area (Å²) >= 11 is 1.91. The Balaban J connectivity index is 3.46. The van der Waals surface area contributed by atoms with Crippen LogP contribution in [-0.2, 0) is 4.74 Å². The van der Waals surface area contributed by atoms with E-state index in [1.54, 1.807) is 7.11 Å². The third-order valence-corrected chi connectivity index (χ3v) is 2.80. The van der Waals surface area contributed by atoms with Crippen LogP contribution in [0.25, 0.3) is 0 Å². The van der Waals surface area contributed by atoms with E-state index in [0.717, 1.165) is 13.2 Å². The molecule has 0 fully saturated rings. The highest BCUT2D eigenvalue weighted by atomic mass is 32.2. The SMILES string of the molecule is CCC(CSC)NCC(C)COC. The summed E-state index contributed by atoms with van der Waals surface area (Å²) in [6.45, 7) is 6.35. The van der Waals surface area contributed by atoms with Crippen molar-refractivity contribution in [2.45, 2.75) is 26.3 Å². The van der Waals surface area contributed by atoms with Crippen molar-refractivity contribution in [1.82, 2.24) is 5.32 Å². The Morgan fingerprint density at radius 2 is 2.15 bits per heavy atom. The Labute approximate surface area is 86.8 Å². The maximum atomic E-state index is 5.08. The van der Waals surface area contributed by atoms with Crippen molar-refractivity contribution in [1.29, 1.82) is 0 Å². The summed E-state index contributed by atoms with van der Waals surface area (Å²) in [5, 5.41) is 3.55. The average Bonchev–Trinajstić information content (AvgIpc) is 2.12. The van der Waals surface area contributed by atoms with Crippen molar-refractivity contribution in [3.05, 3.63) is 0 Å². The average molecular weight is 205 g/mol. The number of methoxy groups -OCH3 is 1. The smallest absolute Gasteiger partial charge is 0.0499 e. The minimum Gasteiger partial charge on any atom is -0.384 e. The first kappa shape index (κ1) is 13.3. The summed E-state index contributed by atoms with van der Waals surface area (Å²) in [6, 6.07) is 0.661. The van der Waals surface area contributed by atoms with E-state index in [2.05, 4.69) is 25.4 Å². The van der Waals surface area contributed by atoms with Crippen molar-refractivity contribution in [2.24, 2.45) is 5.92 Å². The van der Waals surface area contributed by atoms with Crippen LogP contribution < -0.4 is 5.32 Å². The van der Waals surface area contributed by atoms with Gasteiger partial charge in [0.1, 0.15) is 0 Å². The molecule has 0 spiro atoms. The maximum Gasteiger partial charge on any atom is 0.0499 e. The van der Waals surface area contributed by atoms with Gasteiger partial charge in [0.25, 0.3) is 0 Å². The molecule has 0 saturated carbocycles. The lowest BCUT2D eigenvalue weighted by molar-refractivity contribution is 0.157. The van der Waals surface area contributed by atoms with Gasteiger partial charge in [0.2, 0.25) is 0 Å². The number of hydrogen-bond acceptors (Lipinski definition) is 3. The molecule has 0 rings (SSSR count). The minimum absolute atomic E-state index is 0.612. The second-order valence-corrected chi connectivity index (χ2v) is 4.44. The summed E-state index contributed by atoms with van der Waals surface area (Å²) in [7, 11) is 1.76. The molecule has 0 aliphatic carbocycles. The molecule has 0 saturated heterocycles. The summed E-state index contributed by atoms with van der Waals surface area (Å²) < 4.78 is 5.08. The number of ether oxygens (including phenoxy) is 1. The first-order valence-electron chi connectivity index (χ1n) is 4.95. The zero-order valence-electron chi connectivity index (χ0n) is 9.30. The fraction of sp³-hybridized carbons (Fsp3) is 1.00. The van der Waals surface area contributed by atoms with Crippen molar-refractivity contribution < 1.29 is 4.74 Å². The summed E-state index contributed by atoms with van der Waals surface area (Å²) in [4.78, 5) is 0. The molecular weight excluding hydrogens is 182 g/mol. The Kier molecular flexibility index (Phi) is 9.03. The molecule has 13 heavy (non-hydrogen) atoms. The topological polar surface area (TPSA) is 21.3 Å². The van der Waals surface area contributed by atoms with Crippen LogP contribution in [0.3, 0.4) is 0 Å². The highest BCUT2D eigenvalue weighted by molar-refractivity contribution is 7.98. The van der Waals surface area contributed by atoms with Crippen LogP contribution in [0.2, 0.25) is 0 Å². The molecule has 0 aromatic carbocycles. The lowest BCUT2D eigenvalue weighted by Gasteiger charge is -2.18. The standard InChI is InChI=1S/C10H23NOS/c1-5-10(8-13-4)11-6-9(2)7-12-3/h9-11H,5-8H2,1-4H3. The third kappa shape index (κ3) is 7.35. The number of nitrogens with one attached hydrogen (secondary N) is 1. The molecule has 1 N–H and O–H groups in total. The van der Waals surface area contributed by atoms with Gasteiger partial charge in [0, 0.05) is 32.1 Å². The lowest BCUT2D eigenvalue weighted by Crippen LogP contribution is -2.35. The number of thioether (sulfide) groups is 1. The Hall–Kier alpha value is 0.270. The molecule has 0 radical (unpaired) electrons. The van der Waals surface area contributed by atoms with Crippen molar-refractivity contribution in [3.63, 3.8) is 0 Å². The van der Waals surface area contributed by atoms with E-state index >= 15 is 0 Å². The van der Waals surface area contributed by atoms with E-state index in [1.165, 1.54) is 12.2 Å². The molecule has 0 aliphatic rings. The van der Waals surface area contributed by atoms with Crippen LogP contribution in [-0.4, -0.2) is 38.3 Å². The van der Waals surface area contributed by atoms with E-state index in [-0.39, 0.29) is 0 Å². The van der Waals surface area contributed by atoms with Gasteiger partial charge in [-0.05, 0) is 18.6 Å². The predicted octanol–water partition coefficient (Wildman–Crippen LogP) is 2.00. The molecule has 2 nitrogen and oxygen atoms in total. The Bertz CT molecular complexity index is 111. The highest BCUT2D eigenvalue weighted by Crippen LogP contribution is 2.02. The summed E-state index contributed by atoms with van der Waals surface area (Å²) in [5.41, 5.74) is 0. The zero-order valence-corrected chi connectivity index (χ0v) is 10.1. The first-order valence-corrected chi connectivity index (χ1v) is 6.35. The van der Waals surface area contributed by atoms with E-state index in [4.69, 9.17) is 4.74 Å². The number of rotatable bonds is 8. The quantitative estimate of drug-likeness (QED) is 0.655. The monoisotopic (exact) mass is 205 g/mol. The van der Waals surface area contributed by atoms with E-state index in [9.17, 15) is 0 Å². The molecule has 0 aromatic rings. The largest absolute Gasteiger partial charge is 0.384 e. The van der Waals surface area contributed by atoms with Crippen LogP contribution in [0.5, 0.6) is 0 Å². The molecule has 80 valence electrons. The van der Waals surface area contributed by atoms with Gasteiger partial charge in [-0.1, -0.05) is 13.8 Å². The highest BCUT2D eigenvalue weighted by Gasteiger charge is 2.06. The van der Waals surface area contributed by atoms with Gasteiger partial charge >= 0.3 is 0 Å². The minimum atomic E-state index is 0.612. The number of hydrogen-bond donors (Lipinski definition) is 1. The van der Waals surface area contributed by atoms with E-state index in [1.807, 2.05) is 11.8 Å². The molecule has 0 aliphatic heterocycles. The summed E-state index contributed by atoms with van der Waals surface area (Å²) in [6.07, 6.45) is 3.36. The van der Waals surface area contributed by atoms with Gasteiger partial charge in [-0.2, -0.15) is 11.8 Å². The molecular formula is C10H23NOS. The molecule has 3 heteroatoms. The maximum absolute atomic E-state index is 5.08. The van der Waals surface area contributed by atoms with Crippen molar-refractivity contribution >= 4 is 11.8 Å². The van der Waals surface area contributed by atoms with E-state index < -0.39 is 0 Å². The Morgan fingerprint density at radius 3 is 2.62 bits per heavy atom. The van der Waals surface area contributed by atoms with Crippen LogP contribution in [0, 0.1) is 5.92 Å². The molecule has 2 unspecified atom stereocenters. The summed E-state index contributed by atoms with van der Waals surface area (Å²) in [5.74, 6) is 1.82. The van der Waals surface area contributed by atoms with Gasteiger partial charge in [-0.3, -0.25) is 0 Å². The van der Waals surface area contributed by atoms with Crippen molar-refractivity contribution in [3.8, 4) is 0 Å². The third-order valence-electron chi connectivity index (χ3n) is 2.07. The predicted molar refractivity (Wildman–Crippen MR) is 61.5 cm³/mol. The van der Waals surface area contributed by atoms with Gasteiger partial charge in [0.05, 0.1) is 0 Å². The second kappa shape index (κ2) is 8.85. The molecule has 0 amide bonds. The first-order chi connectivity index (χ1) is 6.24. The zero-order chi connectivity index (χ0) is 10.1. The Morgan fingerprint density at radius 1 is 1.46 bits per heavy atom. The van der Waals surface area contributed by atoms with Crippen molar-refractivity contribution in [2.75, 3.05) is 32.3 Å². The fourth-order valence-corrected chi connectivity index (χ4v) is 1.99. The van der Waals surface area contributed by atoms with Crippen LogP contribution in [0.4, 0.5) is 0 Å². The van der Waals surface area contributed by atoms with Crippen LogP contribution in [0.1, 0.15) is 20.3 Å². The van der Waals surface area contributed by atoms with Gasteiger partial charge in [-0.15, -0.1) is 0 Å². The normalized spacial score (nSPS) is 15.7. The van der Waals surface area contributed by atoms with Crippen LogP contribution in [0.15, 0.2) is 0 Å².